The molecule has 0 aromatic heterocycles. The Morgan fingerprint density at radius 3 is 1.77 bits per heavy atom. The molecule has 0 saturated heterocycles. The third kappa shape index (κ3) is 6.77. The van der Waals surface area contributed by atoms with E-state index < -0.39 is 0 Å². The Bertz CT molecular complexity index is 191. The minimum Gasteiger partial charge on any atom is -0.341 e. The third-order valence-electron chi connectivity index (χ3n) is 1.07. The highest BCUT2D eigenvalue weighted by atomic mass is 16.5. The van der Waals surface area contributed by atoms with Crippen molar-refractivity contribution in [3.63, 3.8) is 0 Å². The molecule has 0 aliphatic carbocycles. The minimum absolute atomic E-state index is 0.0300. The van der Waals surface area contributed by atoms with Crippen molar-refractivity contribution in [3.05, 3.63) is 25.3 Å². The second-order valence-corrected chi connectivity index (χ2v) is 1.98. The van der Waals surface area contributed by atoms with Crippen LogP contribution in [0, 0.1) is 0 Å². The fraction of sp³-hybridized carbons (Fsp3) is 0.250. The zero-order valence-electron chi connectivity index (χ0n) is 7.21. The highest BCUT2D eigenvalue weighted by Crippen LogP contribution is 1.71. The van der Waals surface area contributed by atoms with E-state index in [-0.39, 0.29) is 25.3 Å². The number of carbonyl (C=O) groups excluding carboxylic acids is 2. The molecule has 5 nitrogen and oxygen atoms in total. The summed E-state index contributed by atoms with van der Waals surface area (Å²) in [6, 6.07) is 0. The Morgan fingerprint density at radius 2 is 1.46 bits per heavy atom. The van der Waals surface area contributed by atoms with Gasteiger partial charge in [-0.1, -0.05) is 13.2 Å². The van der Waals surface area contributed by atoms with Gasteiger partial charge in [-0.25, -0.2) is 0 Å². The third-order valence-corrected chi connectivity index (χ3v) is 1.07. The fourth-order valence-corrected chi connectivity index (χ4v) is 0.440. The lowest BCUT2D eigenvalue weighted by Gasteiger charge is -2.04. The number of rotatable bonds is 6. The van der Waals surface area contributed by atoms with Gasteiger partial charge in [0.05, 0.1) is 0 Å². The van der Waals surface area contributed by atoms with Crippen LogP contribution < -0.4 is 10.6 Å². The highest BCUT2D eigenvalue weighted by Gasteiger charge is 1.93. The molecule has 0 heterocycles. The van der Waals surface area contributed by atoms with Gasteiger partial charge in [-0.15, -0.1) is 0 Å². The topological polar surface area (TPSA) is 67.4 Å². The minimum atomic E-state index is -0.324. The van der Waals surface area contributed by atoms with Gasteiger partial charge >= 0.3 is 0 Å². The quantitative estimate of drug-likeness (QED) is 0.333. The summed E-state index contributed by atoms with van der Waals surface area (Å²) >= 11 is 0. The standard InChI is InChI=1S/C8H12N2O3/c1-3-7(11)9-5-13-6-10-8(12)4-2/h3-4H,1-2,5-6H2,(H,9,11)(H,10,12). The van der Waals surface area contributed by atoms with E-state index in [1.54, 1.807) is 0 Å². The molecule has 0 rings (SSSR count). The van der Waals surface area contributed by atoms with Crippen molar-refractivity contribution in [1.82, 2.24) is 10.6 Å². The number of hydrogen-bond acceptors (Lipinski definition) is 3. The van der Waals surface area contributed by atoms with Gasteiger partial charge in [0.15, 0.2) is 0 Å². The summed E-state index contributed by atoms with van der Waals surface area (Å²) in [6.07, 6.45) is 2.26. The highest BCUT2D eigenvalue weighted by molar-refractivity contribution is 5.87. The van der Waals surface area contributed by atoms with Gasteiger partial charge in [0.1, 0.15) is 13.5 Å². The first kappa shape index (κ1) is 11.4. The molecule has 72 valence electrons. The second kappa shape index (κ2) is 7.05. The number of amides is 2. The summed E-state index contributed by atoms with van der Waals surface area (Å²) in [5.74, 6) is -0.648. The van der Waals surface area contributed by atoms with E-state index in [4.69, 9.17) is 4.74 Å². The van der Waals surface area contributed by atoms with E-state index in [1.165, 1.54) is 0 Å². The van der Waals surface area contributed by atoms with Gasteiger partial charge in [-0.3, -0.25) is 9.59 Å². The van der Waals surface area contributed by atoms with Crippen molar-refractivity contribution >= 4 is 11.8 Å². The summed E-state index contributed by atoms with van der Waals surface area (Å²) in [7, 11) is 0. The molecule has 0 aliphatic heterocycles. The van der Waals surface area contributed by atoms with Crippen molar-refractivity contribution < 1.29 is 14.3 Å². The molecule has 13 heavy (non-hydrogen) atoms. The summed E-state index contributed by atoms with van der Waals surface area (Å²) in [5.41, 5.74) is 0. The first-order valence-corrected chi connectivity index (χ1v) is 3.59. The van der Waals surface area contributed by atoms with Crippen LogP contribution in [0.1, 0.15) is 0 Å². The fourth-order valence-electron chi connectivity index (χ4n) is 0.440. The van der Waals surface area contributed by atoms with Crippen LogP contribution in [0.5, 0.6) is 0 Å². The van der Waals surface area contributed by atoms with Gasteiger partial charge in [0.2, 0.25) is 11.8 Å². The summed E-state index contributed by atoms with van der Waals surface area (Å²) < 4.78 is 4.82. The van der Waals surface area contributed by atoms with Crippen LogP contribution in [0.15, 0.2) is 25.3 Å². The molecule has 0 spiro atoms. The predicted octanol–water partition coefficient (Wildman–Crippen LogP) is -0.478. The lowest BCUT2D eigenvalue weighted by atomic mass is 10.6. The monoisotopic (exact) mass is 184 g/mol. The zero-order chi connectivity index (χ0) is 10.1. The second-order valence-electron chi connectivity index (χ2n) is 1.98. The van der Waals surface area contributed by atoms with Crippen LogP contribution in [0.3, 0.4) is 0 Å². The molecule has 0 fully saturated rings. The molecule has 0 atom stereocenters. The predicted molar refractivity (Wildman–Crippen MR) is 47.5 cm³/mol. The van der Waals surface area contributed by atoms with Crippen molar-refractivity contribution in [2.45, 2.75) is 0 Å². The Balaban J connectivity index is 3.26. The smallest absolute Gasteiger partial charge is 0.245 e. The molecule has 0 aliphatic rings. The van der Waals surface area contributed by atoms with Crippen molar-refractivity contribution in [2.24, 2.45) is 0 Å². The first-order valence-electron chi connectivity index (χ1n) is 3.59. The van der Waals surface area contributed by atoms with Crippen LogP contribution in [-0.2, 0) is 14.3 Å². The lowest BCUT2D eigenvalue weighted by molar-refractivity contribution is -0.119. The molecule has 2 amide bonds. The van der Waals surface area contributed by atoms with Crippen LogP contribution in [0.25, 0.3) is 0 Å². The molecule has 0 bridgehead atoms. The Kier molecular flexibility index (Phi) is 6.17. The number of ether oxygens (including phenoxy) is 1. The SMILES string of the molecule is C=CC(=O)NCOCNC(=O)C=C. The lowest BCUT2D eigenvalue weighted by Crippen LogP contribution is -2.29. The maximum absolute atomic E-state index is 10.6. The van der Waals surface area contributed by atoms with Gasteiger partial charge in [-0.05, 0) is 12.2 Å². The van der Waals surface area contributed by atoms with Crippen molar-refractivity contribution in [2.75, 3.05) is 13.5 Å². The normalized spacial score (nSPS) is 8.62. The van der Waals surface area contributed by atoms with Crippen molar-refractivity contribution in [3.8, 4) is 0 Å². The molecule has 0 saturated carbocycles. The Labute approximate surface area is 76.5 Å². The number of hydrogen-bond donors (Lipinski definition) is 2. The van der Waals surface area contributed by atoms with Gasteiger partial charge in [0, 0.05) is 0 Å². The average Bonchev–Trinajstić information content (AvgIpc) is 2.16. The molecule has 0 radical (unpaired) electrons. The van der Waals surface area contributed by atoms with E-state index in [0.29, 0.717) is 0 Å². The maximum atomic E-state index is 10.6. The first-order chi connectivity index (χ1) is 6.20. The van der Waals surface area contributed by atoms with Gasteiger partial charge < -0.3 is 15.4 Å². The molecule has 0 aromatic rings. The molecule has 0 aromatic carbocycles. The largest absolute Gasteiger partial charge is 0.341 e. The van der Waals surface area contributed by atoms with E-state index in [2.05, 4.69) is 23.8 Å². The van der Waals surface area contributed by atoms with E-state index in [9.17, 15) is 9.59 Å². The van der Waals surface area contributed by atoms with E-state index in [1.807, 2.05) is 0 Å². The maximum Gasteiger partial charge on any atom is 0.245 e. The summed E-state index contributed by atoms with van der Waals surface area (Å²) in [6.45, 7) is 6.56. The molecular weight excluding hydrogens is 172 g/mol. The molecule has 2 N–H and O–H groups in total. The zero-order valence-corrected chi connectivity index (χ0v) is 7.21. The number of carbonyl (C=O) groups is 2. The van der Waals surface area contributed by atoms with Gasteiger partial charge in [0.25, 0.3) is 0 Å². The van der Waals surface area contributed by atoms with Crippen LogP contribution in [0.2, 0.25) is 0 Å². The van der Waals surface area contributed by atoms with Crippen LogP contribution in [0.4, 0.5) is 0 Å². The summed E-state index contributed by atoms with van der Waals surface area (Å²) in [5, 5.41) is 4.74. The van der Waals surface area contributed by atoms with E-state index >= 15 is 0 Å². The van der Waals surface area contributed by atoms with E-state index in [0.717, 1.165) is 12.2 Å². The van der Waals surface area contributed by atoms with Crippen LogP contribution in [-0.4, -0.2) is 25.3 Å². The van der Waals surface area contributed by atoms with Gasteiger partial charge in [-0.2, -0.15) is 0 Å². The average molecular weight is 184 g/mol. The molecule has 0 unspecified atom stereocenters. The van der Waals surface area contributed by atoms with Crippen molar-refractivity contribution in [1.29, 1.82) is 0 Å². The number of nitrogens with one attached hydrogen (secondary N) is 2. The molecular formula is C8H12N2O3. The molecule has 5 heteroatoms. The van der Waals surface area contributed by atoms with Crippen LogP contribution >= 0.6 is 0 Å². The summed E-state index contributed by atoms with van der Waals surface area (Å²) in [4.78, 5) is 21.1. The Hall–Kier alpha value is -1.62. The Morgan fingerprint density at radius 1 is 1.08 bits per heavy atom.